The second-order valence-electron chi connectivity index (χ2n) is 2.28. The maximum Gasteiger partial charge on any atom is 0.455 e. The molecule has 0 bridgehead atoms. The van der Waals surface area contributed by atoms with Crippen LogP contribution in [0.2, 0.25) is 0 Å². The second-order valence-corrected chi connectivity index (χ2v) is 2.28. The standard InChI is InChI=1S/C5H5F5O2/c6-4(7,5(8,9)10)2-12-3-1-11-3/h3H,1-2H2. The Balaban J connectivity index is 2.35. The molecule has 72 valence electrons. The van der Waals surface area contributed by atoms with Crippen LogP contribution in [0.25, 0.3) is 0 Å². The van der Waals surface area contributed by atoms with Gasteiger partial charge in [-0.25, -0.2) is 0 Å². The Hall–Kier alpha value is -0.430. The lowest BCUT2D eigenvalue weighted by atomic mass is 10.3. The van der Waals surface area contributed by atoms with E-state index in [2.05, 4.69) is 9.47 Å². The first-order valence-electron chi connectivity index (χ1n) is 3.01. The molecule has 1 fully saturated rings. The summed E-state index contributed by atoms with van der Waals surface area (Å²) in [5.74, 6) is -4.79. The van der Waals surface area contributed by atoms with Gasteiger partial charge in [-0.15, -0.1) is 0 Å². The van der Waals surface area contributed by atoms with Gasteiger partial charge in [-0.05, 0) is 0 Å². The minimum absolute atomic E-state index is 0.0773. The zero-order valence-electron chi connectivity index (χ0n) is 5.70. The number of rotatable bonds is 3. The van der Waals surface area contributed by atoms with Crippen molar-refractivity contribution < 1.29 is 31.4 Å². The van der Waals surface area contributed by atoms with E-state index in [1.54, 1.807) is 0 Å². The topological polar surface area (TPSA) is 21.8 Å². The van der Waals surface area contributed by atoms with Crippen LogP contribution in [0.15, 0.2) is 0 Å². The van der Waals surface area contributed by atoms with E-state index in [4.69, 9.17) is 0 Å². The van der Waals surface area contributed by atoms with Crippen LogP contribution < -0.4 is 0 Å². The summed E-state index contributed by atoms with van der Waals surface area (Å²) in [6.45, 7) is -1.60. The third kappa shape index (κ3) is 2.28. The fourth-order valence-corrected chi connectivity index (χ4v) is 0.415. The highest BCUT2D eigenvalue weighted by Crippen LogP contribution is 2.36. The highest BCUT2D eigenvalue weighted by molar-refractivity contribution is 4.75. The lowest BCUT2D eigenvalue weighted by Gasteiger charge is -2.18. The summed E-state index contributed by atoms with van der Waals surface area (Å²) in [6, 6.07) is 0. The lowest BCUT2D eigenvalue weighted by molar-refractivity contribution is -0.299. The van der Waals surface area contributed by atoms with Crippen molar-refractivity contribution in [1.82, 2.24) is 0 Å². The molecule has 1 aliphatic heterocycles. The highest BCUT2D eigenvalue weighted by Gasteiger charge is 2.58. The van der Waals surface area contributed by atoms with Gasteiger partial charge in [-0.2, -0.15) is 22.0 Å². The van der Waals surface area contributed by atoms with Crippen molar-refractivity contribution in [1.29, 1.82) is 0 Å². The minimum Gasteiger partial charge on any atom is -0.345 e. The SMILES string of the molecule is FC(F)(F)C(F)(F)COC1CO1. The quantitative estimate of drug-likeness (QED) is 0.500. The van der Waals surface area contributed by atoms with E-state index in [0.29, 0.717) is 0 Å². The van der Waals surface area contributed by atoms with Gasteiger partial charge in [0.15, 0.2) is 6.29 Å². The smallest absolute Gasteiger partial charge is 0.345 e. The van der Waals surface area contributed by atoms with E-state index in [1.165, 1.54) is 0 Å². The molecule has 0 aromatic heterocycles. The summed E-state index contributed by atoms with van der Waals surface area (Å²) in [5.41, 5.74) is 0. The summed E-state index contributed by atoms with van der Waals surface area (Å²) >= 11 is 0. The molecule has 1 unspecified atom stereocenters. The normalized spacial score (nSPS) is 24.2. The lowest BCUT2D eigenvalue weighted by Crippen LogP contribution is -2.41. The predicted octanol–water partition coefficient (Wildman–Crippen LogP) is 1.56. The van der Waals surface area contributed by atoms with Gasteiger partial charge in [0, 0.05) is 0 Å². The van der Waals surface area contributed by atoms with Gasteiger partial charge in [-0.1, -0.05) is 0 Å². The Morgan fingerprint density at radius 2 is 1.75 bits per heavy atom. The molecule has 0 N–H and O–H groups in total. The number of epoxide rings is 1. The third-order valence-electron chi connectivity index (χ3n) is 1.17. The molecule has 0 radical (unpaired) electrons. The Kier molecular flexibility index (Phi) is 2.26. The number of hydrogen-bond donors (Lipinski definition) is 0. The Bertz CT molecular complexity index is 162. The summed E-state index contributed by atoms with van der Waals surface area (Å²) in [6.07, 6.45) is -6.44. The van der Waals surface area contributed by atoms with Gasteiger partial charge < -0.3 is 9.47 Å². The molecular weight excluding hydrogens is 187 g/mol. The molecule has 12 heavy (non-hydrogen) atoms. The van der Waals surface area contributed by atoms with Crippen LogP contribution in [0.3, 0.4) is 0 Å². The molecule has 1 saturated heterocycles. The molecule has 7 heteroatoms. The van der Waals surface area contributed by atoms with E-state index in [0.717, 1.165) is 0 Å². The number of hydrogen-bond acceptors (Lipinski definition) is 2. The van der Waals surface area contributed by atoms with Gasteiger partial charge in [-0.3, -0.25) is 0 Å². The molecule has 1 heterocycles. The van der Waals surface area contributed by atoms with Crippen LogP contribution in [0.5, 0.6) is 0 Å². The fourth-order valence-electron chi connectivity index (χ4n) is 0.415. The average molecular weight is 192 g/mol. The van der Waals surface area contributed by atoms with Crippen molar-refractivity contribution in [2.24, 2.45) is 0 Å². The van der Waals surface area contributed by atoms with Crippen LogP contribution >= 0.6 is 0 Å². The summed E-state index contributed by atoms with van der Waals surface area (Å²) in [5, 5.41) is 0. The molecule has 0 aromatic rings. The zero-order valence-corrected chi connectivity index (χ0v) is 5.70. The average Bonchev–Trinajstić information content (AvgIpc) is 2.62. The zero-order chi connectivity index (χ0) is 9.41. The minimum atomic E-state index is -5.55. The first-order chi connectivity index (χ1) is 5.33. The Labute approximate surface area is 64.2 Å². The first-order valence-corrected chi connectivity index (χ1v) is 3.01. The summed E-state index contributed by atoms with van der Waals surface area (Å²) in [7, 11) is 0. The highest BCUT2D eigenvalue weighted by atomic mass is 19.4. The van der Waals surface area contributed by atoms with Crippen molar-refractivity contribution in [3.05, 3.63) is 0 Å². The predicted molar refractivity (Wildman–Crippen MR) is 26.7 cm³/mol. The van der Waals surface area contributed by atoms with E-state index >= 15 is 0 Å². The molecule has 0 spiro atoms. The van der Waals surface area contributed by atoms with Crippen molar-refractivity contribution >= 4 is 0 Å². The molecule has 0 saturated carbocycles. The molecule has 2 nitrogen and oxygen atoms in total. The van der Waals surface area contributed by atoms with E-state index in [-0.39, 0.29) is 6.61 Å². The third-order valence-corrected chi connectivity index (χ3v) is 1.17. The molecule has 0 aliphatic carbocycles. The van der Waals surface area contributed by atoms with Gasteiger partial charge in [0.2, 0.25) is 0 Å². The monoisotopic (exact) mass is 192 g/mol. The van der Waals surface area contributed by atoms with E-state index < -0.39 is 25.0 Å². The van der Waals surface area contributed by atoms with Gasteiger partial charge in [0.1, 0.15) is 13.2 Å². The molecule has 1 rings (SSSR count). The van der Waals surface area contributed by atoms with Crippen LogP contribution in [0, 0.1) is 0 Å². The van der Waals surface area contributed by atoms with Gasteiger partial charge >= 0.3 is 12.1 Å². The van der Waals surface area contributed by atoms with Gasteiger partial charge in [0.05, 0.1) is 0 Å². The van der Waals surface area contributed by atoms with Crippen LogP contribution in [-0.4, -0.2) is 31.6 Å². The van der Waals surface area contributed by atoms with Gasteiger partial charge in [0.25, 0.3) is 0 Å². The summed E-state index contributed by atoms with van der Waals surface area (Å²) < 4.78 is 66.7. The molecule has 0 amide bonds. The number of alkyl halides is 5. The van der Waals surface area contributed by atoms with Crippen LogP contribution in [0.4, 0.5) is 22.0 Å². The van der Waals surface area contributed by atoms with Crippen molar-refractivity contribution in [3.63, 3.8) is 0 Å². The van der Waals surface area contributed by atoms with Crippen molar-refractivity contribution in [3.8, 4) is 0 Å². The van der Waals surface area contributed by atoms with E-state index in [1.807, 2.05) is 0 Å². The second kappa shape index (κ2) is 2.81. The largest absolute Gasteiger partial charge is 0.455 e. The van der Waals surface area contributed by atoms with Crippen molar-refractivity contribution in [2.45, 2.75) is 18.4 Å². The maximum atomic E-state index is 12.0. The number of ether oxygens (including phenoxy) is 2. The Morgan fingerprint density at radius 3 is 2.08 bits per heavy atom. The first kappa shape index (κ1) is 9.66. The molecule has 1 atom stereocenters. The Morgan fingerprint density at radius 1 is 1.25 bits per heavy atom. The van der Waals surface area contributed by atoms with E-state index in [9.17, 15) is 22.0 Å². The molecule has 0 aromatic carbocycles. The number of halogens is 5. The summed E-state index contributed by atoms with van der Waals surface area (Å²) in [4.78, 5) is 0. The molecular formula is C5H5F5O2. The molecule has 1 aliphatic rings. The van der Waals surface area contributed by atoms with Crippen LogP contribution in [-0.2, 0) is 9.47 Å². The fraction of sp³-hybridized carbons (Fsp3) is 1.00. The van der Waals surface area contributed by atoms with Crippen molar-refractivity contribution in [2.75, 3.05) is 13.2 Å². The van der Waals surface area contributed by atoms with Crippen LogP contribution in [0.1, 0.15) is 0 Å². The maximum absolute atomic E-state index is 12.0.